The van der Waals surface area contributed by atoms with Crippen LogP contribution >= 0.6 is 0 Å². The van der Waals surface area contributed by atoms with Crippen LogP contribution in [0.5, 0.6) is 0 Å². The zero-order chi connectivity index (χ0) is 14.0. The fourth-order valence-corrected chi connectivity index (χ4v) is 2.00. The predicted molar refractivity (Wildman–Crippen MR) is 68.1 cm³/mol. The molecule has 0 radical (unpaired) electrons. The van der Waals surface area contributed by atoms with Gasteiger partial charge in [-0.05, 0) is 42.7 Å². The molecule has 1 unspecified atom stereocenters. The minimum Gasteiger partial charge on any atom is -0.324 e. The summed E-state index contributed by atoms with van der Waals surface area (Å²) in [7, 11) is 0. The first-order chi connectivity index (χ1) is 8.99. The van der Waals surface area contributed by atoms with Gasteiger partial charge in [0, 0.05) is 11.6 Å². The Bertz CT molecular complexity index is 596. The summed E-state index contributed by atoms with van der Waals surface area (Å²) in [5, 5.41) is 0. The molecule has 0 heterocycles. The standard InChI is InChI=1S/C15H14F3N/c1-9-3-2-4-12(15(9)18)14(19)8-10-7-11(16)5-6-13(10)17/h2-7,14H,8,19H2,1H3. The van der Waals surface area contributed by atoms with Crippen LogP contribution in [0.2, 0.25) is 0 Å². The summed E-state index contributed by atoms with van der Waals surface area (Å²) in [6.07, 6.45) is 0.0456. The highest BCUT2D eigenvalue weighted by atomic mass is 19.1. The van der Waals surface area contributed by atoms with Crippen LogP contribution in [0.25, 0.3) is 0 Å². The van der Waals surface area contributed by atoms with E-state index in [4.69, 9.17) is 5.73 Å². The lowest BCUT2D eigenvalue weighted by Crippen LogP contribution is -2.16. The van der Waals surface area contributed by atoms with Gasteiger partial charge in [0.25, 0.3) is 0 Å². The smallest absolute Gasteiger partial charge is 0.130 e. The Hall–Kier alpha value is -1.81. The second-order valence-corrected chi connectivity index (χ2v) is 4.52. The van der Waals surface area contributed by atoms with E-state index in [0.717, 1.165) is 18.2 Å². The number of nitrogens with two attached hydrogens (primary N) is 1. The minimum atomic E-state index is -0.712. The molecule has 0 aromatic heterocycles. The van der Waals surface area contributed by atoms with E-state index < -0.39 is 23.5 Å². The molecule has 100 valence electrons. The van der Waals surface area contributed by atoms with Gasteiger partial charge in [-0.2, -0.15) is 0 Å². The lowest BCUT2D eigenvalue weighted by molar-refractivity contribution is 0.551. The first-order valence-electron chi connectivity index (χ1n) is 5.93. The Morgan fingerprint density at radius 1 is 1.11 bits per heavy atom. The quantitative estimate of drug-likeness (QED) is 0.900. The van der Waals surface area contributed by atoms with Gasteiger partial charge in [0.2, 0.25) is 0 Å². The molecular weight excluding hydrogens is 251 g/mol. The molecule has 0 amide bonds. The fraction of sp³-hybridized carbons (Fsp3) is 0.200. The van der Waals surface area contributed by atoms with Gasteiger partial charge in [-0.3, -0.25) is 0 Å². The van der Waals surface area contributed by atoms with Crippen molar-refractivity contribution >= 4 is 0 Å². The first kappa shape index (κ1) is 13.6. The van der Waals surface area contributed by atoms with Crippen molar-refractivity contribution < 1.29 is 13.2 Å². The van der Waals surface area contributed by atoms with Crippen LogP contribution < -0.4 is 5.73 Å². The Labute approximate surface area is 109 Å². The molecule has 0 fully saturated rings. The van der Waals surface area contributed by atoms with Crippen molar-refractivity contribution in [3.8, 4) is 0 Å². The topological polar surface area (TPSA) is 26.0 Å². The molecule has 0 saturated carbocycles. The van der Waals surface area contributed by atoms with Gasteiger partial charge >= 0.3 is 0 Å². The number of rotatable bonds is 3. The number of halogens is 3. The largest absolute Gasteiger partial charge is 0.324 e. The molecule has 2 aromatic carbocycles. The van der Waals surface area contributed by atoms with Crippen molar-refractivity contribution in [2.24, 2.45) is 5.73 Å². The molecule has 2 N–H and O–H groups in total. The fourth-order valence-electron chi connectivity index (χ4n) is 2.00. The number of hydrogen-bond acceptors (Lipinski definition) is 1. The average molecular weight is 265 g/mol. The summed E-state index contributed by atoms with van der Waals surface area (Å²) in [6, 6.07) is 7.34. The third-order valence-corrected chi connectivity index (χ3v) is 3.07. The van der Waals surface area contributed by atoms with E-state index in [-0.39, 0.29) is 12.0 Å². The van der Waals surface area contributed by atoms with Gasteiger partial charge in [0.1, 0.15) is 17.5 Å². The highest BCUT2D eigenvalue weighted by Gasteiger charge is 2.15. The van der Waals surface area contributed by atoms with Gasteiger partial charge in [-0.25, -0.2) is 13.2 Å². The summed E-state index contributed by atoms with van der Waals surface area (Å²) in [5.74, 6) is -1.47. The maximum Gasteiger partial charge on any atom is 0.130 e. The summed E-state index contributed by atoms with van der Waals surface area (Å²) in [4.78, 5) is 0. The van der Waals surface area contributed by atoms with Gasteiger partial charge in [0.15, 0.2) is 0 Å². The van der Waals surface area contributed by atoms with Gasteiger partial charge < -0.3 is 5.73 Å². The SMILES string of the molecule is Cc1cccc(C(N)Cc2cc(F)ccc2F)c1F. The highest BCUT2D eigenvalue weighted by molar-refractivity contribution is 5.29. The number of aryl methyl sites for hydroxylation is 1. The van der Waals surface area contributed by atoms with E-state index >= 15 is 0 Å². The molecule has 2 aromatic rings. The average Bonchev–Trinajstić information content (AvgIpc) is 2.37. The second-order valence-electron chi connectivity index (χ2n) is 4.52. The van der Waals surface area contributed by atoms with Gasteiger partial charge in [-0.15, -0.1) is 0 Å². The molecule has 1 nitrogen and oxygen atoms in total. The maximum atomic E-state index is 13.9. The van der Waals surface area contributed by atoms with Crippen LogP contribution in [0.15, 0.2) is 36.4 Å². The van der Waals surface area contributed by atoms with Crippen LogP contribution in [-0.2, 0) is 6.42 Å². The zero-order valence-electron chi connectivity index (χ0n) is 10.5. The van der Waals surface area contributed by atoms with Crippen LogP contribution in [-0.4, -0.2) is 0 Å². The van der Waals surface area contributed by atoms with Crippen LogP contribution in [0, 0.1) is 24.4 Å². The number of benzene rings is 2. The zero-order valence-corrected chi connectivity index (χ0v) is 10.5. The lowest BCUT2D eigenvalue weighted by atomic mass is 9.97. The van der Waals surface area contributed by atoms with E-state index in [1.807, 2.05) is 0 Å². The van der Waals surface area contributed by atoms with Crippen molar-refractivity contribution in [1.29, 1.82) is 0 Å². The van der Waals surface area contributed by atoms with Gasteiger partial charge in [-0.1, -0.05) is 18.2 Å². The molecule has 2 rings (SSSR count). The lowest BCUT2D eigenvalue weighted by Gasteiger charge is -2.14. The van der Waals surface area contributed by atoms with E-state index in [1.54, 1.807) is 25.1 Å². The second kappa shape index (κ2) is 5.45. The van der Waals surface area contributed by atoms with Crippen LogP contribution in [0.3, 0.4) is 0 Å². The first-order valence-corrected chi connectivity index (χ1v) is 5.93. The van der Waals surface area contributed by atoms with E-state index in [2.05, 4.69) is 0 Å². The normalized spacial score (nSPS) is 12.5. The molecular formula is C15H14F3N. The van der Waals surface area contributed by atoms with Crippen molar-refractivity contribution in [3.05, 3.63) is 70.5 Å². The minimum absolute atomic E-state index is 0.0456. The molecule has 0 aliphatic carbocycles. The molecule has 4 heteroatoms. The van der Waals surface area contributed by atoms with Crippen molar-refractivity contribution in [2.45, 2.75) is 19.4 Å². The van der Waals surface area contributed by atoms with E-state index in [9.17, 15) is 13.2 Å². The molecule has 0 aliphatic heterocycles. The molecule has 19 heavy (non-hydrogen) atoms. The summed E-state index contributed by atoms with van der Waals surface area (Å²) in [6.45, 7) is 1.63. The summed E-state index contributed by atoms with van der Waals surface area (Å²) >= 11 is 0. The number of hydrogen-bond donors (Lipinski definition) is 1. The Morgan fingerprint density at radius 2 is 1.84 bits per heavy atom. The van der Waals surface area contributed by atoms with E-state index in [0.29, 0.717) is 11.1 Å². The van der Waals surface area contributed by atoms with Crippen LogP contribution in [0.1, 0.15) is 22.7 Å². The van der Waals surface area contributed by atoms with Crippen molar-refractivity contribution in [3.63, 3.8) is 0 Å². The Morgan fingerprint density at radius 3 is 2.58 bits per heavy atom. The monoisotopic (exact) mass is 265 g/mol. The molecule has 0 bridgehead atoms. The summed E-state index contributed by atoms with van der Waals surface area (Å²) < 4.78 is 40.5. The maximum absolute atomic E-state index is 13.9. The summed E-state index contributed by atoms with van der Waals surface area (Å²) in [5.41, 5.74) is 6.82. The third kappa shape index (κ3) is 2.96. The molecule has 0 aliphatic rings. The Balaban J connectivity index is 2.28. The van der Waals surface area contributed by atoms with Crippen molar-refractivity contribution in [1.82, 2.24) is 0 Å². The molecule has 1 atom stereocenters. The Kier molecular flexibility index (Phi) is 3.90. The predicted octanol–water partition coefficient (Wildman–Crippen LogP) is 3.65. The molecule has 0 spiro atoms. The van der Waals surface area contributed by atoms with Crippen molar-refractivity contribution in [2.75, 3.05) is 0 Å². The highest BCUT2D eigenvalue weighted by Crippen LogP contribution is 2.22. The van der Waals surface area contributed by atoms with Gasteiger partial charge in [0.05, 0.1) is 0 Å². The molecule has 0 saturated heterocycles. The van der Waals surface area contributed by atoms with E-state index in [1.165, 1.54) is 0 Å². The van der Waals surface area contributed by atoms with Crippen LogP contribution in [0.4, 0.5) is 13.2 Å². The third-order valence-electron chi connectivity index (χ3n) is 3.07.